The van der Waals surface area contributed by atoms with Gasteiger partial charge in [-0.15, -0.1) is 0 Å². The van der Waals surface area contributed by atoms with Gasteiger partial charge >= 0.3 is 17.9 Å². The third kappa shape index (κ3) is 2.19. The van der Waals surface area contributed by atoms with E-state index in [1.54, 1.807) is 0 Å². The number of hydrogen-bond acceptors (Lipinski definition) is 5. The van der Waals surface area contributed by atoms with Crippen LogP contribution in [0.4, 0.5) is 0 Å². The lowest BCUT2D eigenvalue weighted by Gasteiger charge is -2.10. The molecule has 0 atom stereocenters. The first-order valence-corrected chi connectivity index (χ1v) is 5.14. The minimum atomic E-state index is -1.47. The number of aromatic carboxylic acids is 3. The van der Waals surface area contributed by atoms with Crippen LogP contribution in [0.5, 0.6) is 0 Å². The summed E-state index contributed by atoms with van der Waals surface area (Å²) in [5.74, 6) is -4.37. The fourth-order valence-electron chi connectivity index (χ4n) is 1.65. The summed E-state index contributed by atoms with van der Waals surface area (Å²) in [6.45, 7) is 0. The van der Waals surface area contributed by atoms with E-state index < -0.39 is 34.6 Å². The Morgan fingerprint density at radius 1 is 0.950 bits per heavy atom. The topological polar surface area (TPSA) is 143 Å². The van der Waals surface area contributed by atoms with E-state index >= 15 is 0 Å². The predicted molar refractivity (Wildman–Crippen MR) is 62.2 cm³/mol. The molecule has 0 aliphatic carbocycles. The van der Waals surface area contributed by atoms with Gasteiger partial charge in [-0.3, -0.25) is 0 Å². The Balaban J connectivity index is 2.85. The molecule has 0 unspecified atom stereocenters. The zero-order chi connectivity index (χ0) is 14.9. The SMILES string of the molecule is O=C(O)c1cc(C(=O)O)c(-n2cncn2)c(C(=O)O)c1. The van der Waals surface area contributed by atoms with Gasteiger partial charge < -0.3 is 15.3 Å². The zero-order valence-corrected chi connectivity index (χ0v) is 9.72. The molecule has 2 aromatic rings. The number of rotatable bonds is 4. The maximum absolute atomic E-state index is 11.2. The number of hydrogen-bond donors (Lipinski definition) is 3. The second-order valence-corrected chi connectivity index (χ2v) is 3.68. The number of carboxylic acid groups (broad SMARTS) is 3. The lowest BCUT2D eigenvalue weighted by atomic mass is 10.0. The standard InChI is InChI=1S/C11H7N3O6/c15-9(16)5-1-6(10(17)18)8(7(2-5)11(19)20)14-4-12-3-13-14/h1-4H,(H,15,16)(H,17,18)(H,19,20). The molecule has 0 spiro atoms. The number of benzene rings is 1. The molecule has 1 aromatic carbocycles. The summed E-state index contributed by atoms with van der Waals surface area (Å²) in [6.07, 6.45) is 2.22. The summed E-state index contributed by atoms with van der Waals surface area (Å²) in [7, 11) is 0. The Labute approximate surface area is 110 Å². The Morgan fingerprint density at radius 3 is 1.85 bits per heavy atom. The van der Waals surface area contributed by atoms with Gasteiger partial charge in [0.25, 0.3) is 0 Å². The summed E-state index contributed by atoms with van der Waals surface area (Å²) in [5.41, 5.74) is -1.68. The molecular formula is C11H7N3O6. The van der Waals surface area contributed by atoms with E-state index in [1.807, 2.05) is 0 Å². The van der Waals surface area contributed by atoms with Gasteiger partial charge in [-0.2, -0.15) is 5.10 Å². The minimum Gasteiger partial charge on any atom is -0.478 e. The van der Waals surface area contributed by atoms with Crippen molar-refractivity contribution in [3.05, 3.63) is 41.5 Å². The normalized spacial score (nSPS) is 10.2. The molecule has 0 aliphatic heterocycles. The number of aromatic nitrogens is 3. The van der Waals surface area contributed by atoms with Crippen LogP contribution in [0.15, 0.2) is 24.8 Å². The molecule has 2 rings (SSSR count). The number of nitrogens with zero attached hydrogens (tertiary/aromatic N) is 3. The fourth-order valence-corrected chi connectivity index (χ4v) is 1.65. The van der Waals surface area contributed by atoms with Gasteiger partial charge in [-0.25, -0.2) is 24.0 Å². The van der Waals surface area contributed by atoms with Crippen LogP contribution in [0.1, 0.15) is 31.1 Å². The highest BCUT2D eigenvalue weighted by atomic mass is 16.4. The average molecular weight is 277 g/mol. The Kier molecular flexibility index (Phi) is 3.17. The molecule has 1 aromatic heterocycles. The fraction of sp³-hybridized carbons (Fsp3) is 0. The maximum atomic E-state index is 11.2. The largest absolute Gasteiger partial charge is 0.478 e. The molecule has 0 saturated carbocycles. The summed E-state index contributed by atoms with van der Waals surface area (Å²) in [4.78, 5) is 37.0. The van der Waals surface area contributed by atoms with E-state index in [0.29, 0.717) is 0 Å². The van der Waals surface area contributed by atoms with Crippen LogP contribution in [-0.4, -0.2) is 48.0 Å². The Hall–Kier alpha value is -3.23. The highest BCUT2D eigenvalue weighted by Gasteiger charge is 2.24. The van der Waals surface area contributed by atoms with Crippen molar-refractivity contribution in [3.8, 4) is 5.69 Å². The molecular weight excluding hydrogens is 270 g/mol. The molecule has 3 N–H and O–H groups in total. The predicted octanol–water partition coefficient (Wildman–Crippen LogP) is 0.362. The second-order valence-electron chi connectivity index (χ2n) is 3.68. The van der Waals surface area contributed by atoms with Crippen molar-refractivity contribution in [3.63, 3.8) is 0 Å². The highest BCUT2D eigenvalue weighted by Crippen LogP contribution is 2.22. The summed E-state index contributed by atoms with van der Waals surface area (Å²) >= 11 is 0. The van der Waals surface area contributed by atoms with E-state index in [4.69, 9.17) is 15.3 Å². The molecule has 1 heterocycles. The molecule has 9 nitrogen and oxygen atoms in total. The third-order valence-corrected chi connectivity index (χ3v) is 2.47. The van der Waals surface area contributed by atoms with Crippen molar-refractivity contribution in [2.24, 2.45) is 0 Å². The van der Waals surface area contributed by atoms with Crippen molar-refractivity contribution in [1.82, 2.24) is 14.8 Å². The smallest absolute Gasteiger partial charge is 0.337 e. The average Bonchev–Trinajstić information content (AvgIpc) is 2.90. The Morgan fingerprint density at radius 2 is 1.50 bits per heavy atom. The summed E-state index contributed by atoms with van der Waals surface area (Å²) < 4.78 is 0.957. The first-order chi connectivity index (χ1) is 9.41. The van der Waals surface area contributed by atoms with Gasteiger partial charge in [0.05, 0.1) is 22.4 Å². The monoisotopic (exact) mass is 277 g/mol. The van der Waals surface area contributed by atoms with Crippen LogP contribution in [0.2, 0.25) is 0 Å². The van der Waals surface area contributed by atoms with Gasteiger partial charge in [0.1, 0.15) is 12.7 Å². The molecule has 102 valence electrons. The number of carboxylic acids is 3. The van der Waals surface area contributed by atoms with Gasteiger partial charge in [-0.1, -0.05) is 0 Å². The van der Waals surface area contributed by atoms with Crippen molar-refractivity contribution in [2.75, 3.05) is 0 Å². The lowest BCUT2D eigenvalue weighted by molar-refractivity contribution is 0.0695. The Bertz CT molecular complexity index is 672. The van der Waals surface area contributed by atoms with Crippen LogP contribution < -0.4 is 0 Å². The first kappa shape index (κ1) is 13.2. The molecule has 0 fully saturated rings. The van der Waals surface area contributed by atoms with Gasteiger partial charge in [0.15, 0.2) is 0 Å². The van der Waals surface area contributed by atoms with Gasteiger partial charge in [-0.05, 0) is 12.1 Å². The van der Waals surface area contributed by atoms with Crippen molar-refractivity contribution in [1.29, 1.82) is 0 Å². The molecule has 0 amide bonds. The van der Waals surface area contributed by atoms with E-state index in [2.05, 4.69) is 10.1 Å². The maximum Gasteiger partial charge on any atom is 0.337 e. The number of carbonyl (C=O) groups is 3. The lowest BCUT2D eigenvalue weighted by Crippen LogP contribution is -2.15. The zero-order valence-electron chi connectivity index (χ0n) is 9.72. The molecule has 0 saturated heterocycles. The van der Waals surface area contributed by atoms with Crippen LogP contribution in [-0.2, 0) is 0 Å². The van der Waals surface area contributed by atoms with Crippen molar-refractivity contribution in [2.45, 2.75) is 0 Å². The van der Waals surface area contributed by atoms with Crippen LogP contribution in [0.3, 0.4) is 0 Å². The molecule has 0 aliphatic rings. The molecule has 20 heavy (non-hydrogen) atoms. The van der Waals surface area contributed by atoms with E-state index in [9.17, 15) is 14.4 Å². The summed E-state index contributed by atoms with van der Waals surface area (Å²) in [5, 5.41) is 30.8. The quantitative estimate of drug-likeness (QED) is 0.726. The third-order valence-electron chi connectivity index (χ3n) is 2.47. The van der Waals surface area contributed by atoms with Crippen molar-refractivity contribution >= 4 is 17.9 Å². The minimum absolute atomic E-state index is 0.257. The molecule has 0 radical (unpaired) electrons. The molecule has 9 heteroatoms. The van der Waals surface area contributed by atoms with Gasteiger partial charge in [0, 0.05) is 0 Å². The van der Waals surface area contributed by atoms with Gasteiger partial charge in [0.2, 0.25) is 0 Å². The van der Waals surface area contributed by atoms with E-state index in [0.717, 1.165) is 29.5 Å². The summed E-state index contributed by atoms with van der Waals surface area (Å²) in [6, 6.07) is 1.74. The highest BCUT2D eigenvalue weighted by molar-refractivity contribution is 6.03. The van der Waals surface area contributed by atoms with Crippen LogP contribution >= 0.6 is 0 Å². The van der Waals surface area contributed by atoms with E-state index in [-0.39, 0.29) is 5.69 Å². The van der Waals surface area contributed by atoms with Crippen LogP contribution in [0.25, 0.3) is 5.69 Å². The molecule has 0 bridgehead atoms. The second kappa shape index (κ2) is 4.80. The van der Waals surface area contributed by atoms with Crippen molar-refractivity contribution < 1.29 is 29.7 Å². The first-order valence-electron chi connectivity index (χ1n) is 5.14. The van der Waals surface area contributed by atoms with E-state index in [1.165, 1.54) is 0 Å². The van der Waals surface area contributed by atoms with Crippen LogP contribution in [0, 0.1) is 0 Å².